The average Bonchev–Trinajstić information content (AvgIpc) is 3.04. The van der Waals surface area contributed by atoms with Crippen LogP contribution in [0.15, 0.2) is 48.5 Å². The van der Waals surface area contributed by atoms with Crippen LogP contribution in [0.4, 0.5) is 13.2 Å². The SMILES string of the molecule is CCCN(C)Cc1ccc(C(=O)N2C3CCC2CC(Oc2cccc(C(F)(F)F)c2)C3)cc1. The lowest BCUT2D eigenvalue weighted by atomic mass is 9.98. The topological polar surface area (TPSA) is 32.8 Å². The average molecular weight is 461 g/mol. The van der Waals surface area contributed by atoms with E-state index < -0.39 is 11.7 Å². The Morgan fingerprint density at radius 3 is 2.36 bits per heavy atom. The van der Waals surface area contributed by atoms with Crippen LogP contribution >= 0.6 is 0 Å². The maximum absolute atomic E-state index is 13.3. The van der Waals surface area contributed by atoms with E-state index in [9.17, 15) is 18.0 Å². The molecule has 33 heavy (non-hydrogen) atoms. The van der Waals surface area contributed by atoms with Gasteiger partial charge >= 0.3 is 6.18 Å². The third kappa shape index (κ3) is 5.52. The van der Waals surface area contributed by atoms with Crippen LogP contribution in [0, 0.1) is 0 Å². The standard InChI is InChI=1S/C26H31F3N2O2/c1-3-13-30(2)17-18-7-9-19(10-8-18)25(32)31-21-11-12-22(31)16-24(15-21)33-23-6-4-5-20(14-23)26(27,28)29/h4-10,14,21-22,24H,3,11-13,15-17H2,1-2H3. The van der Waals surface area contributed by atoms with Crippen LogP contribution in [0.1, 0.15) is 60.5 Å². The molecule has 0 aromatic heterocycles. The van der Waals surface area contributed by atoms with Crippen molar-refractivity contribution in [3.63, 3.8) is 0 Å². The van der Waals surface area contributed by atoms with E-state index in [1.807, 2.05) is 29.2 Å². The lowest BCUT2D eigenvalue weighted by Crippen LogP contribution is -2.49. The van der Waals surface area contributed by atoms with Crippen molar-refractivity contribution in [3.8, 4) is 5.75 Å². The Morgan fingerprint density at radius 2 is 1.76 bits per heavy atom. The Labute approximate surface area is 193 Å². The number of halogens is 3. The third-order valence-electron chi connectivity index (χ3n) is 6.65. The van der Waals surface area contributed by atoms with Gasteiger partial charge in [0, 0.05) is 37.0 Å². The van der Waals surface area contributed by atoms with E-state index in [0.29, 0.717) is 18.4 Å². The first-order valence-electron chi connectivity index (χ1n) is 11.7. The van der Waals surface area contributed by atoms with Gasteiger partial charge < -0.3 is 14.5 Å². The summed E-state index contributed by atoms with van der Waals surface area (Å²) in [7, 11) is 2.09. The molecular weight excluding hydrogens is 429 g/mol. The molecule has 2 atom stereocenters. The smallest absolute Gasteiger partial charge is 0.416 e. The molecule has 2 aliphatic rings. The summed E-state index contributed by atoms with van der Waals surface area (Å²) in [4.78, 5) is 17.5. The number of benzene rings is 2. The molecule has 0 N–H and O–H groups in total. The molecule has 1 amide bonds. The van der Waals surface area contributed by atoms with E-state index in [-0.39, 0.29) is 29.8 Å². The van der Waals surface area contributed by atoms with Gasteiger partial charge in [0.1, 0.15) is 11.9 Å². The molecule has 178 valence electrons. The van der Waals surface area contributed by atoms with E-state index in [1.165, 1.54) is 11.6 Å². The van der Waals surface area contributed by atoms with Crippen LogP contribution in [0.2, 0.25) is 0 Å². The number of rotatable bonds is 7. The lowest BCUT2D eigenvalue weighted by molar-refractivity contribution is -0.137. The molecule has 0 radical (unpaired) electrons. The van der Waals surface area contributed by atoms with Crippen LogP contribution in [-0.4, -0.2) is 47.5 Å². The predicted molar refractivity (Wildman–Crippen MR) is 121 cm³/mol. The molecule has 7 heteroatoms. The highest BCUT2D eigenvalue weighted by molar-refractivity contribution is 5.95. The van der Waals surface area contributed by atoms with E-state index in [0.717, 1.165) is 44.5 Å². The van der Waals surface area contributed by atoms with Crippen molar-refractivity contribution in [1.29, 1.82) is 0 Å². The summed E-state index contributed by atoms with van der Waals surface area (Å²) in [6.07, 6.45) is -0.404. The molecule has 0 aliphatic carbocycles. The summed E-state index contributed by atoms with van der Waals surface area (Å²) in [6.45, 7) is 4.04. The second kappa shape index (κ2) is 9.75. The Morgan fingerprint density at radius 1 is 1.09 bits per heavy atom. The fourth-order valence-corrected chi connectivity index (χ4v) is 5.17. The van der Waals surface area contributed by atoms with Crippen molar-refractivity contribution < 1.29 is 22.7 Å². The van der Waals surface area contributed by atoms with Gasteiger partial charge in [0.25, 0.3) is 5.91 Å². The molecule has 4 rings (SSSR count). The van der Waals surface area contributed by atoms with E-state index in [1.54, 1.807) is 6.07 Å². The second-order valence-corrected chi connectivity index (χ2v) is 9.27. The van der Waals surface area contributed by atoms with Crippen molar-refractivity contribution in [2.45, 2.75) is 69.9 Å². The van der Waals surface area contributed by atoms with Gasteiger partial charge in [-0.15, -0.1) is 0 Å². The Kier molecular flexibility index (Phi) is 6.98. The minimum atomic E-state index is -4.39. The number of hydrogen-bond donors (Lipinski definition) is 0. The molecule has 0 spiro atoms. The third-order valence-corrected chi connectivity index (χ3v) is 6.65. The minimum Gasteiger partial charge on any atom is -0.490 e. The minimum absolute atomic E-state index is 0.0356. The number of amides is 1. The fraction of sp³-hybridized carbons (Fsp3) is 0.500. The van der Waals surface area contributed by atoms with E-state index >= 15 is 0 Å². The van der Waals surface area contributed by atoms with Crippen molar-refractivity contribution in [2.75, 3.05) is 13.6 Å². The number of piperidine rings is 1. The fourth-order valence-electron chi connectivity index (χ4n) is 5.17. The second-order valence-electron chi connectivity index (χ2n) is 9.27. The first-order chi connectivity index (χ1) is 15.7. The molecule has 4 nitrogen and oxygen atoms in total. The summed E-state index contributed by atoms with van der Waals surface area (Å²) < 4.78 is 44.9. The van der Waals surface area contributed by atoms with Crippen molar-refractivity contribution in [2.24, 2.45) is 0 Å². The number of carbonyl (C=O) groups excluding carboxylic acids is 1. The molecule has 2 aliphatic heterocycles. The summed E-state index contributed by atoms with van der Waals surface area (Å²) >= 11 is 0. The molecule has 2 aromatic carbocycles. The van der Waals surface area contributed by atoms with Gasteiger partial charge in [-0.3, -0.25) is 4.79 Å². The van der Waals surface area contributed by atoms with Crippen molar-refractivity contribution in [3.05, 3.63) is 65.2 Å². The number of alkyl halides is 3. The van der Waals surface area contributed by atoms with Gasteiger partial charge in [0.05, 0.1) is 5.56 Å². The first-order valence-corrected chi connectivity index (χ1v) is 11.7. The predicted octanol–water partition coefficient (Wildman–Crippen LogP) is 5.76. The van der Waals surface area contributed by atoms with Crippen LogP contribution < -0.4 is 4.74 Å². The zero-order chi connectivity index (χ0) is 23.6. The first kappa shape index (κ1) is 23.6. The molecule has 2 unspecified atom stereocenters. The Hall–Kier alpha value is -2.54. The van der Waals surface area contributed by atoms with Crippen molar-refractivity contribution >= 4 is 5.91 Å². The largest absolute Gasteiger partial charge is 0.490 e. The monoisotopic (exact) mass is 460 g/mol. The van der Waals surface area contributed by atoms with Crippen LogP contribution in [0.25, 0.3) is 0 Å². The van der Waals surface area contributed by atoms with Gasteiger partial charge in [-0.2, -0.15) is 13.2 Å². The van der Waals surface area contributed by atoms with Gasteiger partial charge in [-0.25, -0.2) is 0 Å². The summed E-state index contributed by atoms with van der Waals surface area (Å²) in [6, 6.07) is 13.0. The van der Waals surface area contributed by atoms with Gasteiger partial charge in [-0.05, 0) is 68.8 Å². The zero-order valence-electron chi connectivity index (χ0n) is 19.1. The van der Waals surface area contributed by atoms with Gasteiger partial charge in [0.15, 0.2) is 0 Å². The maximum Gasteiger partial charge on any atom is 0.416 e. The highest BCUT2D eigenvalue weighted by atomic mass is 19.4. The number of nitrogens with zero attached hydrogens (tertiary/aromatic N) is 2. The van der Waals surface area contributed by atoms with Gasteiger partial charge in [0.2, 0.25) is 0 Å². The molecule has 2 fully saturated rings. The highest BCUT2D eigenvalue weighted by Gasteiger charge is 2.44. The molecule has 2 aromatic rings. The van der Waals surface area contributed by atoms with Crippen molar-refractivity contribution in [1.82, 2.24) is 9.80 Å². The maximum atomic E-state index is 13.3. The number of ether oxygens (including phenoxy) is 1. The molecule has 2 bridgehead atoms. The summed E-state index contributed by atoms with van der Waals surface area (Å²) in [5.74, 6) is 0.270. The Balaban J connectivity index is 1.39. The summed E-state index contributed by atoms with van der Waals surface area (Å²) in [5, 5.41) is 0. The quantitative estimate of drug-likeness (QED) is 0.527. The molecule has 0 saturated carbocycles. The normalized spacial score (nSPS) is 22.6. The molecule has 2 heterocycles. The van der Waals surface area contributed by atoms with Crippen LogP contribution in [0.5, 0.6) is 5.75 Å². The lowest BCUT2D eigenvalue weighted by Gasteiger charge is -2.39. The number of fused-ring (bicyclic) bond motifs is 2. The number of hydrogen-bond acceptors (Lipinski definition) is 3. The molecule has 2 saturated heterocycles. The Bertz CT molecular complexity index is 947. The number of carbonyl (C=O) groups is 1. The zero-order valence-corrected chi connectivity index (χ0v) is 19.1. The molecular formula is C26H31F3N2O2. The van der Waals surface area contributed by atoms with Gasteiger partial charge in [-0.1, -0.05) is 25.1 Å². The van der Waals surface area contributed by atoms with Crippen LogP contribution in [-0.2, 0) is 12.7 Å². The summed E-state index contributed by atoms with van der Waals surface area (Å²) in [5.41, 5.74) is 1.16. The van der Waals surface area contributed by atoms with E-state index in [4.69, 9.17) is 4.74 Å². The highest BCUT2D eigenvalue weighted by Crippen LogP contribution is 2.39. The van der Waals surface area contributed by atoms with Crippen LogP contribution in [0.3, 0.4) is 0 Å². The van der Waals surface area contributed by atoms with E-state index in [2.05, 4.69) is 18.9 Å².